The highest BCUT2D eigenvalue weighted by atomic mass is 19.3. The van der Waals surface area contributed by atoms with Crippen molar-refractivity contribution in [1.29, 1.82) is 0 Å². The number of aromatic amines is 1. The van der Waals surface area contributed by atoms with Crippen molar-refractivity contribution >= 4 is 11.7 Å². The Bertz CT molecular complexity index is 547. The Kier molecular flexibility index (Phi) is 3.40. The molecule has 0 atom stereocenters. The van der Waals surface area contributed by atoms with E-state index in [4.69, 9.17) is 0 Å². The number of H-pyrrole nitrogens is 1. The number of hydrogen-bond donors (Lipinski definition) is 2. The van der Waals surface area contributed by atoms with Crippen LogP contribution in [0.2, 0.25) is 0 Å². The highest BCUT2D eigenvalue weighted by molar-refractivity contribution is 6.02. The molecule has 0 aliphatic rings. The number of nitrogens with one attached hydrogen (secondary N) is 2. The van der Waals surface area contributed by atoms with Gasteiger partial charge in [-0.15, -0.1) is 0 Å². The molecule has 1 amide bonds. The van der Waals surface area contributed by atoms with E-state index in [1.807, 2.05) is 0 Å². The van der Waals surface area contributed by atoms with Crippen LogP contribution >= 0.6 is 0 Å². The molecule has 2 rings (SSSR count). The van der Waals surface area contributed by atoms with Gasteiger partial charge in [-0.2, -0.15) is 5.10 Å². The highest BCUT2D eigenvalue weighted by Gasteiger charge is 2.15. The van der Waals surface area contributed by atoms with E-state index in [-0.39, 0.29) is 5.69 Å². The maximum atomic E-state index is 12.3. The SMILES string of the molecule is Cc1cn[nH]c1NC(=O)c1cccn1CC(F)F. The smallest absolute Gasteiger partial charge is 0.273 e. The number of carbonyl (C=O) groups excluding carboxylic acids is 1. The van der Waals surface area contributed by atoms with Crippen molar-refractivity contribution in [2.45, 2.75) is 19.9 Å². The van der Waals surface area contributed by atoms with Crippen LogP contribution in [0.4, 0.5) is 14.6 Å². The molecule has 0 aromatic carbocycles. The normalized spacial score (nSPS) is 10.9. The van der Waals surface area contributed by atoms with Crippen molar-refractivity contribution in [2.75, 3.05) is 5.32 Å². The summed E-state index contributed by atoms with van der Waals surface area (Å²) in [5.41, 5.74) is 0.958. The molecule has 0 aliphatic carbocycles. The summed E-state index contributed by atoms with van der Waals surface area (Å²) in [5.74, 6) is 0.0118. The van der Waals surface area contributed by atoms with Crippen LogP contribution < -0.4 is 5.32 Å². The number of aryl methyl sites for hydroxylation is 1. The van der Waals surface area contributed by atoms with Crippen molar-refractivity contribution in [1.82, 2.24) is 14.8 Å². The summed E-state index contributed by atoms with van der Waals surface area (Å²) in [5, 5.41) is 8.96. The fourth-order valence-electron chi connectivity index (χ4n) is 1.58. The topological polar surface area (TPSA) is 62.7 Å². The van der Waals surface area contributed by atoms with Gasteiger partial charge >= 0.3 is 0 Å². The van der Waals surface area contributed by atoms with E-state index >= 15 is 0 Å². The van der Waals surface area contributed by atoms with Gasteiger partial charge in [0.25, 0.3) is 12.3 Å². The van der Waals surface area contributed by atoms with Gasteiger partial charge in [-0.25, -0.2) is 8.78 Å². The standard InChI is InChI=1S/C11H12F2N4O/c1-7-5-14-16-10(7)15-11(18)8-3-2-4-17(8)6-9(12)13/h2-5,9H,6H2,1H3,(H2,14,15,16,18). The van der Waals surface area contributed by atoms with Gasteiger partial charge in [0.1, 0.15) is 11.5 Å². The number of alkyl halides is 2. The molecule has 0 saturated heterocycles. The molecule has 96 valence electrons. The first-order valence-corrected chi connectivity index (χ1v) is 5.32. The molecule has 0 fully saturated rings. The number of halogens is 2. The molecule has 0 bridgehead atoms. The van der Waals surface area contributed by atoms with Gasteiger partial charge in [-0.1, -0.05) is 0 Å². The fourth-order valence-corrected chi connectivity index (χ4v) is 1.58. The van der Waals surface area contributed by atoms with Gasteiger partial charge < -0.3 is 9.88 Å². The second kappa shape index (κ2) is 4.99. The Balaban J connectivity index is 2.14. The molecular weight excluding hydrogens is 242 g/mol. The molecule has 0 spiro atoms. The predicted octanol–water partition coefficient (Wildman–Crippen LogP) is 2.04. The number of nitrogens with zero attached hydrogens (tertiary/aromatic N) is 2. The van der Waals surface area contributed by atoms with E-state index in [9.17, 15) is 13.6 Å². The Morgan fingerprint density at radius 2 is 2.39 bits per heavy atom. The number of hydrogen-bond acceptors (Lipinski definition) is 2. The van der Waals surface area contributed by atoms with E-state index in [1.165, 1.54) is 16.8 Å². The van der Waals surface area contributed by atoms with Crippen molar-refractivity contribution in [3.8, 4) is 0 Å². The lowest BCUT2D eigenvalue weighted by Crippen LogP contribution is -2.19. The minimum Gasteiger partial charge on any atom is -0.338 e. The zero-order valence-electron chi connectivity index (χ0n) is 9.65. The summed E-state index contributed by atoms with van der Waals surface area (Å²) in [6, 6.07) is 3.04. The zero-order valence-corrected chi connectivity index (χ0v) is 9.65. The Morgan fingerprint density at radius 1 is 1.61 bits per heavy atom. The van der Waals surface area contributed by atoms with Crippen molar-refractivity contribution in [2.24, 2.45) is 0 Å². The lowest BCUT2D eigenvalue weighted by atomic mass is 10.3. The minimum absolute atomic E-state index is 0.185. The van der Waals surface area contributed by atoms with Crippen molar-refractivity contribution in [3.63, 3.8) is 0 Å². The van der Waals surface area contributed by atoms with Crippen LogP contribution in [0.15, 0.2) is 24.5 Å². The van der Waals surface area contributed by atoms with Crippen LogP contribution in [0.5, 0.6) is 0 Å². The third kappa shape index (κ3) is 2.55. The van der Waals surface area contributed by atoms with Gasteiger partial charge in [0, 0.05) is 11.8 Å². The average Bonchev–Trinajstić information content (AvgIpc) is 2.88. The molecule has 0 aliphatic heterocycles. The predicted molar refractivity (Wildman–Crippen MR) is 61.7 cm³/mol. The second-order valence-corrected chi connectivity index (χ2v) is 3.82. The van der Waals surface area contributed by atoms with Gasteiger partial charge in [0.05, 0.1) is 12.7 Å². The molecule has 18 heavy (non-hydrogen) atoms. The van der Waals surface area contributed by atoms with Gasteiger partial charge in [-0.05, 0) is 19.1 Å². The maximum absolute atomic E-state index is 12.3. The van der Waals surface area contributed by atoms with Gasteiger partial charge in [-0.3, -0.25) is 9.89 Å². The van der Waals surface area contributed by atoms with Crippen LogP contribution in [-0.4, -0.2) is 27.1 Å². The first-order chi connectivity index (χ1) is 8.58. The molecule has 0 saturated carbocycles. The molecule has 2 aromatic heterocycles. The van der Waals surface area contributed by atoms with Gasteiger partial charge in [0.15, 0.2) is 0 Å². The number of anilines is 1. The van der Waals surface area contributed by atoms with E-state index < -0.39 is 18.9 Å². The second-order valence-electron chi connectivity index (χ2n) is 3.82. The number of aromatic nitrogens is 3. The fraction of sp³-hybridized carbons (Fsp3) is 0.273. The molecule has 7 heteroatoms. The summed E-state index contributed by atoms with van der Waals surface area (Å²) < 4.78 is 25.8. The summed E-state index contributed by atoms with van der Waals surface area (Å²) >= 11 is 0. The minimum atomic E-state index is -2.50. The number of amides is 1. The average molecular weight is 254 g/mol. The van der Waals surface area contributed by atoms with Crippen LogP contribution in [-0.2, 0) is 6.54 Å². The lowest BCUT2D eigenvalue weighted by molar-refractivity contribution is 0.0997. The summed E-state index contributed by atoms with van der Waals surface area (Å²) in [4.78, 5) is 11.9. The Morgan fingerprint density at radius 3 is 3.00 bits per heavy atom. The molecule has 2 aromatic rings. The largest absolute Gasteiger partial charge is 0.338 e. The Hall–Kier alpha value is -2.18. The quantitative estimate of drug-likeness (QED) is 0.877. The summed E-state index contributed by atoms with van der Waals surface area (Å²) in [6.07, 6.45) is 0.507. The molecule has 2 heterocycles. The molecule has 0 unspecified atom stereocenters. The molecular formula is C11H12F2N4O. The van der Waals surface area contributed by atoms with E-state index in [1.54, 1.807) is 19.2 Å². The monoisotopic (exact) mass is 254 g/mol. The van der Waals surface area contributed by atoms with Crippen LogP contribution in [0.25, 0.3) is 0 Å². The lowest BCUT2D eigenvalue weighted by Gasteiger charge is -2.08. The van der Waals surface area contributed by atoms with E-state index in [2.05, 4.69) is 15.5 Å². The molecule has 2 N–H and O–H groups in total. The number of carbonyl (C=O) groups is 1. The first-order valence-electron chi connectivity index (χ1n) is 5.32. The third-order valence-corrected chi connectivity index (χ3v) is 2.46. The maximum Gasteiger partial charge on any atom is 0.273 e. The summed E-state index contributed by atoms with van der Waals surface area (Å²) in [7, 11) is 0. The van der Waals surface area contributed by atoms with Crippen LogP contribution in [0.3, 0.4) is 0 Å². The zero-order chi connectivity index (χ0) is 13.1. The first kappa shape index (κ1) is 12.3. The van der Waals surface area contributed by atoms with Gasteiger partial charge in [0.2, 0.25) is 0 Å². The van der Waals surface area contributed by atoms with Crippen molar-refractivity contribution in [3.05, 3.63) is 35.8 Å². The summed E-state index contributed by atoms with van der Waals surface area (Å²) in [6.45, 7) is 1.27. The van der Waals surface area contributed by atoms with Crippen molar-refractivity contribution < 1.29 is 13.6 Å². The Labute approximate surface area is 102 Å². The van der Waals surface area contributed by atoms with Crippen LogP contribution in [0, 0.1) is 6.92 Å². The van der Waals surface area contributed by atoms with Crippen LogP contribution in [0.1, 0.15) is 16.1 Å². The van der Waals surface area contributed by atoms with E-state index in [0.29, 0.717) is 5.82 Å². The highest BCUT2D eigenvalue weighted by Crippen LogP contribution is 2.12. The van der Waals surface area contributed by atoms with E-state index in [0.717, 1.165) is 5.56 Å². The molecule has 0 radical (unpaired) electrons. The third-order valence-electron chi connectivity index (χ3n) is 2.46. The number of rotatable bonds is 4. The molecule has 5 nitrogen and oxygen atoms in total.